The van der Waals surface area contributed by atoms with E-state index in [2.05, 4.69) is 24.0 Å². The van der Waals surface area contributed by atoms with E-state index in [1.807, 2.05) is 30.6 Å². The van der Waals surface area contributed by atoms with Gasteiger partial charge in [0.2, 0.25) is 0 Å². The molecule has 0 saturated heterocycles. The number of unbranched alkanes of at least 4 members (excludes halogenated alkanes) is 3. The molecule has 0 fully saturated rings. The van der Waals surface area contributed by atoms with E-state index in [1.54, 1.807) is 0 Å². The van der Waals surface area contributed by atoms with Crippen LogP contribution in [0.25, 0.3) is 10.8 Å². The van der Waals surface area contributed by atoms with E-state index in [0.29, 0.717) is 0 Å². The molecule has 0 atom stereocenters. The van der Waals surface area contributed by atoms with Crippen molar-refractivity contribution < 1.29 is 4.79 Å². The van der Waals surface area contributed by atoms with E-state index in [-0.39, 0.29) is 0 Å². The Labute approximate surface area is 103 Å². The molecule has 17 heavy (non-hydrogen) atoms. The van der Waals surface area contributed by atoms with Crippen LogP contribution in [0.5, 0.6) is 0 Å². The second kappa shape index (κ2) is 8.45. The van der Waals surface area contributed by atoms with Crippen LogP contribution in [0, 0.1) is 0 Å². The van der Waals surface area contributed by atoms with Gasteiger partial charge in [-0.15, -0.1) is 0 Å². The quantitative estimate of drug-likeness (QED) is 0.586. The van der Waals surface area contributed by atoms with E-state index < -0.39 is 0 Å². The van der Waals surface area contributed by atoms with Gasteiger partial charge in [-0.2, -0.15) is 0 Å². The average Bonchev–Trinajstić information content (AvgIpc) is 2.40. The summed E-state index contributed by atoms with van der Waals surface area (Å²) in [4.78, 5) is 13.7. The third-order valence-corrected chi connectivity index (χ3v) is 2.48. The number of rotatable bonds is 4. The summed E-state index contributed by atoms with van der Waals surface area (Å²) in [5, 5.41) is 2.45. The van der Waals surface area contributed by atoms with Crippen molar-refractivity contribution in [3.63, 3.8) is 0 Å². The molecule has 0 amide bonds. The zero-order valence-corrected chi connectivity index (χ0v) is 10.3. The molecule has 2 rings (SSSR count). The Bertz CT molecular complexity index is 374. The van der Waals surface area contributed by atoms with Crippen molar-refractivity contribution in [1.82, 2.24) is 4.98 Å². The van der Waals surface area contributed by atoms with Crippen molar-refractivity contribution >= 4 is 17.1 Å². The molecule has 1 heterocycles. The van der Waals surface area contributed by atoms with E-state index in [1.165, 1.54) is 23.6 Å². The molecular weight excluding hydrogens is 210 g/mol. The molecule has 90 valence electrons. The average molecular weight is 229 g/mol. The summed E-state index contributed by atoms with van der Waals surface area (Å²) in [7, 11) is 0. The SMILES string of the molecule is CCCCCC=O.c1ccc2cnccc2c1. The summed E-state index contributed by atoms with van der Waals surface area (Å²) in [6, 6.07) is 10.2. The van der Waals surface area contributed by atoms with E-state index in [4.69, 9.17) is 0 Å². The van der Waals surface area contributed by atoms with Crippen molar-refractivity contribution in [2.75, 3.05) is 0 Å². The molecule has 0 N–H and O–H groups in total. The van der Waals surface area contributed by atoms with Gasteiger partial charge in [-0.05, 0) is 23.3 Å². The largest absolute Gasteiger partial charge is 0.303 e. The number of aromatic nitrogens is 1. The van der Waals surface area contributed by atoms with Gasteiger partial charge in [-0.1, -0.05) is 44.0 Å². The first kappa shape index (κ1) is 13.4. The highest BCUT2D eigenvalue weighted by atomic mass is 16.1. The molecule has 0 saturated carbocycles. The van der Waals surface area contributed by atoms with Crippen molar-refractivity contribution in [3.8, 4) is 0 Å². The predicted octanol–water partition coefficient (Wildman–Crippen LogP) is 4.00. The molecule has 0 aliphatic rings. The summed E-state index contributed by atoms with van der Waals surface area (Å²) in [5.41, 5.74) is 0. The van der Waals surface area contributed by atoms with E-state index >= 15 is 0 Å². The van der Waals surface area contributed by atoms with Crippen LogP contribution >= 0.6 is 0 Å². The highest BCUT2D eigenvalue weighted by molar-refractivity contribution is 5.80. The molecule has 0 bridgehead atoms. The maximum absolute atomic E-state index is 9.68. The molecule has 0 radical (unpaired) electrons. The van der Waals surface area contributed by atoms with Gasteiger partial charge in [-0.3, -0.25) is 4.98 Å². The predicted molar refractivity (Wildman–Crippen MR) is 71.9 cm³/mol. The zero-order valence-electron chi connectivity index (χ0n) is 10.3. The number of carbonyl (C=O) groups excluding carboxylic acids is 1. The Morgan fingerprint density at radius 3 is 2.53 bits per heavy atom. The van der Waals surface area contributed by atoms with Crippen LogP contribution in [0.1, 0.15) is 32.6 Å². The molecular formula is C15H19NO. The number of benzene rings is 1. The number of hydrogen-bond acceptors (Lipinski definition) is 2. The molecule has 0 spiro atoms. The lowest BCUT2D eigenvalue weighted by Gasteiger charge is -1.91. The molecule has 2 heteroatoms. The van der Waals surface area contributed by atoms with Gasteiger partial charge >= 0.3 is 0 Å². The minimum absolute atomic E-state index is 0.744. The number of hydrogen-bond donors (Lipinski definition) is 0. The van der Waals surface area contributed by atoms with Crippen LogP contribution in [0.3, 0.4) is 0 Å². The lowest BCUT2D eigenvalue weighted by Crippen LogP contribution is -1.73. The monoisotopic (exact) mass is 229 g/mol. The first-order valence-corrected chi connectivity index (χ1v) is 6.11. The topological polar surface area (TPSA) is 30.0 Å². The summed E-state index contributed by atoms with van der Waals surface area (Å²) in [6.07, 6.45) is 8.87. The van der Waals surface area contributed by atoms with Crippen molar-refractivity contribution in [2.45, 2.75) is 32.6 Å². The highest BCUT2D eigenvalue weighted by Gasteiger charge is 1.86. The Morgan fingerprint density at radius 2 is 1.88 bits per heavy atom. The van der Waals surface area contributed by atoms with Gasteiger partial charge in [0, 0.05) is 18.8 Å². The van der Waals surface area contributed by atoms with Crippen molar-refractivity contribution in [3.05, 3.63) is 42.7 Å². The Hall–Kier alpha value is -1.70. The van der Waals surface area contributed by atoms with Crippen LogP contribution in [-0.4, -0.2) is 11.3 Å². The maximum Gasteiger partial charge on any atom is 0.119 e. The summed E-state index contributed by atoms with van der Waals surface area (Å²) >= 11 is 0. The standard InChI is InChI=1S/C9H7N.C6H12O/c1-2-4-9-7-10-6-5-8(9)3-1;1-2-3-4-5-6-7/h1-7H;6H,2-5H2,1H3. The van der Waals surface area contributed by atoms with Gasteiger partial charge in [-0.25, -0.2) is 0 Å². The third kappa shape index (κ3) is 5.25. The molecule has 2 aromatic rings. The second-order valence-corrected chi connectivity index (χ2v) is 3.89. The van der Waals surface area contributed by atoms with Crippen LogP contribution in [0.4, 0.5) is 0 Å². The summed E-state index contributed by atoms with van der Waals surface area (Å²) in [5.74, 6) is 0. The van der Waals surface area contributed by atoms with E-state index in [0.717, 1.165) is 19.1 Å². The molecule has 0 unspecified atom stereocenters. The fraction of sp³-hybridized carbons (Fsp3) is 0.333. The Morgan fingerprint density at radius 1 is 1.12 bits per heavy atom. The smallest absolute Gasteiger partial charge is 0.119 e. The third-order valence-electron chi connectivity index (χ3n) is 2.48. The Balaban J connectivity index is 0.000000185. The lowest BCUT2D eigenvalue weighted by atomic mass is 10.2. The van der Waals surface area contributed by atoms with Gasteiger partial charge in [0.05, 0.1) is 0 Å². The highest BCUT2D eigenvalue weighted by Crippen LogP contribution is 2.09. The summed E-state index contributed by atoms with van der Waals surface area (Å²) in [6.45, 7) is 2.13. The minimum atomic E-state index is 0.744. The van der Waals surface area contributed by atoms with Gasteiger partial charge in [0.25, 0.3) is 0 Å². The fourth-order valence-electron chi connectivity index (χ4n) is 1.50. The van der Waals surface area contributed by atoms with Crippen molar-refractivity contribution in [1.29, 1.82) is 0 Å². The first-order valence-electron chi connectivity index (χ1n) is 6.11. The minimum Gasteiger partial charge on any atom is -0.303 e. The number of pyridine rings is 1. The number of fused-ring (bicyclic) bond motifs is 1. The number of nitrogens with zero attached hydrogens (tertiary/aromatic N) is 1. The second-order valence-electron chi connectivity index (χ2n) is 3.89. The summed E-state index contributed by atoms with van der Waals surface area (Å²) < 4.78 is 0. The van der Waals surface area contributed by atoms with E-state index in [9.17, 15) is 4.79 Å². The van der Waals surface area contributed by atoms with Gasteiger partial charge in [0.1, 0.15) is 6.29 Å². The first-order chi connectivity index (χ1) is 8.38. The van der Waals surface area contributed by atoms with Crippen LogP contribution in [0.2, 0.25) is 0 Å². The fourth-order valence-corrected chi connectivity index (χ4v) is 1.50. The molecule has 0 aliphatic carbocycles. The van der Waals surface area contributed by atoms with Crippen molar-refractivity contribution in [2.24, 2.45) is 0 Å². The molecule has 1 aromatic carbocycles. The molecule has 2 nitrogen and oxygen atoms in total. The number of aldehydes is 1. The lowest BCUT2D eigenvalue weighted by molar-refractivity contribution is -0.107. The molecule has 1 aromatic heterocycles. The maximum atomic E-state index is 9.68. The number of carbonyl (C=O) groups is 1. The Kier molecular flexibility index (Phi) is 6.64. The molecule has 0 aliphatic heterocycles. The van der Waals surface area contributed by atoms with Crippen LogP contribution < -0.4 is 0 Å². The van der Waals surface area contributed by atoms with Gasteiger partial charge in [0.15, 0.2) is 0 Å². The normalized spacial score (nSPS) is 9.47. The van der Waals surface area contributed by atoms with Crippen LogP contribution in [-0.2, 0) is 4.79 Å². The van der Waals surface area contributed by atoms with Gasteiger partial charge < -0.3 is 4.79 Å². The van der Waals surface area contributed by atoms with Crippen LogP contribution in [0.15, 0.2) is 42.7 Å². The zero-order chi connectivity index (χ0) is 12.3.